The Morgan fingerprint density at radius 1 is 1.17 bits per heavy atom. The number of fused-ring (bicyclic) bond motifs is 3. The number of amides is 3. The number of rotatable bonds is 4. The van der Waals surface area contributed by atoms with Crippen molar-refractivity contribution in [3.63, 3.8) is 0 Å². The van der Waals surface area contributed by atoms with Crippen LogP contribution in [0.2, 0.25) is 0 Å². The number of ether oxygens (including phenoxy) is 1. The molecule has 3 amide bonds. The number of carbonyl (C=O) groups excluding carboxylic acids is 3. The van der Waals surface area contributed by atoms with E-state index in [1.54, 1.807) is 7.05 Å². The van der Waals surface area contributed by atoms with Gasteiger partial charge in [0.25, 0.3) is 5.91 Å². The molecular formula is C21H25N5O4. The second-order valence-corrected chi connectivity index (χ2v) is 7.68. The molecule has 0 saturated carbocycles. The van der Waals surface area contributed by atoms with E-state index in [2.05, 4.69) is 28.7 Å². The third-order valence-corrected chi connectivity index (χ3v) is 6.12. The highest BCUT2D eigenvalue weighted by Gasteiger charge is 2.56. The maximum absolute atomic E-state index is 13.3. The van der Waals surface area contributed by atoms with Crippen molar-refractivity contribution < 1.29 is 19.1 Å². The van der Waals surface area contributed by atoms with E-state index in [0.29, 0.717) is 5.96 Å². The Bertz CT molecular complexity index is 973. The van der Waals surface area contributed by atoms with Crippen molar-refractivity contribution >= 4 is 23.9 Å². The van der Waals surface area contributed by atoms with Crippen LogP contribution >= 0.6 is 0 Å². The molecule has 3 heterocycles. The Hall–Kier alpha value is -3.36. The number of methoxy groups -OCH3 is 1. The monoisotopic (exact) mass is 411 g/mol. The first-order chi connectivity index (χ1) is 14.3. The van der Waals surface area contributed by atoms with Gasteiger partial charge in [-0.05, 0) is 26.3 Å². The summed E-state index contributed by atoms with van der Waals surface area (Å²) >= 11 is 0. The zero-order chi connectivity index (χ0) is 21.7. The number of nitrogens with zero attached hydrogens (tertiary/aromatic N) is 5. The van der Waals surface area contributed by atoms with E-state index >= 15 is 0 Å². The summed E-state index contributed by atoms with van der Waals surface area (Å²) in [7, 11) is 2.82. The zero-order valence-corrected chi connectivity index (χ0v) is 17.7. The normalized spacial score (nSPS) is 24.2. The molecule has 158 valence electrons. The van der Waals surface area contributed by atoms with Gasteiger partial charge in [-0.1, -0.05) is 30.3 Å². The smallest absolute Gasteiger partial charge is 0.328 e. The molecule has 9 heteroatoms. The van der Waals surface area contributed by atoms with E-state index in [4.69, 9.17) is 4.99 Å². The SMILES string of the molecule is COC(=O)CN1C(=O)C2C(N=C3N(C(C)c4ccccc4)C(C)=C(C)N32)N(C)C1=O. The lowest BCUT2D eigenvalue weighted by Gasteiger charge is -2.40. The molecule has 0 aliphatic carbocycles. The molecule has 0 radical (unpaired) electrons. The van der Waals surface area contributed by atoms with Gasteiger partial charge in [-0.25, -0.2) is 9.79 Å². The van der Waals surface area contributed by atoms with Crippen LogP contribution in [0.15, 0.2) is 46.7 Å². The molecule has 1 saturated heterocycles. The number of carbonyl (C=O) groups is 3. The zero-order valence-electron chi connectivity index (χ0n) is 17.7. The first-order valence-corrected chi connectivity index (χ1v) is 9.81. The molecule has 30 heavy (non-hydrogen) atoms. The summed E-state index contributed by atoms with van der Waals surface area (Å²) < 4.78 is 4.66. The number of imide groups is 1. The Kier molecular flexibility index (Phi) is 4.76. The van der Waals surface area contributed by atoms with Crippen LogP contribution in [-0.4, -0.2) is 76.4 Å². The van der Waals surface area contributed by atoms with Crippen LogP contribution in [0.4, 0.5) is 4.79 Å². The number of urea groups is 1. The highest BCUT2D eigenvalue weighted by Crippen LogP contribution is 2.41. The molecule has 1 aromatic carbocycles. The van der Waals surface area contributed by atoms with Gasteiger partial charge in [-0.15, -0.1) is 0 Å². The molecule has 9 nitrogen and oxygen atoms in total. The molecule has 0 N–H and O–H groups in total. The number of guanidine groups is 1. The summed E-state index contributed by atoms with van der Waals surface area (Å²) in [6.07, 6.45) is -0.651. The molecule has 0 spiro atoms. The number of hydrogen-bond acceptors (Lipinski definition) is 7. The van der Waals surface area contributed by atoms with E-state index < -0.39 is 36.7 Å². The molecule has 3 aliphatic rings. The largest absolute Gasteiger partial charge is 0.468 e. The summed E-state index contributed by atoms with van der Waals surface area (Å²) in [5, 5.41) is 0. The first-order valence-electron chi connectivity index (χ1n) is 9.81. The van der Waals surface area contributed by atoms with Crippen molar-refractivity contribution in [1.82, 2.24) is 19.6 Å². The van der Waals surface area contributed by atoms with Gasteiger partial charge in [0.1, 0.15) is 6.54 Å². The van der Waals surface area contributed by atoms with Gasteiger partial charge in [0.2, 0.25) is 5.96 Å². The highest BCUT2D eigenvalue weighted by atomic mass is 16.5. The van der Waals surface area contributed by atoms with E-state index in [0.717, 1.165) is 21.9 Å². The number of likely N-dealkylation sites (N-methyl/N-ethyl adjacent to an activating group) is 1. The Labute approximate surface area is 175 Å². The molecule has 3 unspecified atom stereocenters. The van der Waals surface area contributed by atoms with E-state index in [9.17, 15) is 14.4 Å². The summed E-state index contributed by atoms with van der Waals surface area (Å²) in [6.45, 7) is 5.61. The van der Waals surface area contributed by atoms with Crippen LogP contribution in [-0.2, 0) is 14.3 Å². The molecular weight excluding hydrogens is 386 g/mol. The third-order valence-electron chi connectivity index (χ3n) is 6.12. The minimum atomic E-state index is -0.713. The van der Waals surface area contributed by atoms with E-state index in [-0.39, 0.29) is 6.04 Å². The minimum Gasteiger partial charge on any atom is -0.468 e. The molecule has 3 atom stereocenters. The van der Waals surface area contributed by atoms with Crippen LogP contribution in [0, 0.1) is 0 Å². The van der Waals surface area contributed by atoms with Crippen LogP contribution in [0.3, 0.4) is 0 Å². The van der Waals surface area contributed by atoms with Crippen molar-refractivity contribution in [3.05, 3.63) is 47.3 Å². The Balaban J connectivity index is 1.71. The molecule has 4 rings (SSSR count). The maximum atomic E-state index is 13.3. The predicted octanol–water partition coefficient (Wildman–Crippen LogP) is 1.75. The molecule has 0 bridgehead atoms. The average Bonchev–Trinajstić information content (AvgIpc) is 3.25. The first kappa shape index (κ1) is 19.9. The standard InChI is InChI=1S/C21H25N5O4/c1-12-13(2)26-17-18(23(4)21(29)24(19(17)28)11-16(27)30-5)22-20(26)25(12)14(3)15-9-7-6-8-10-15/h6-10,14,17-18H,11H2,1-5H3. The van der Waals surface area contributed by atoms with Gasteiger partial charge >= 0.3 is 12.0 Å². The topological polar surface area (TPSA) is 85.8 Å². The lowest BCUT2D eigenvalue weighted by molar-refractivity contribution is -0.148. The van der Waals surface area contributed by atoms with Gasteiger partial charge in [-0.3, -0.25) is 19.4 Å². The van der Waals surface area contributed by atoms with Gasteiger partial charge in [-0.2, -0.15) is 0 Å². The molecule has 3 aliphatic heterocycles. The van der Waals surface area contributed by atoms with Gasteiger partial charge in [0, 0.05) is 18.4 Å². The maximum Gasteiger partial charge on any atom is 0.328 e. The van der Waals surface area contributed by atoms with Crippen molar-refractivity contribution in [2.45, 2.75) is 39.0 Å². The number of hydrogen-bond donors (Lipinski definition) is 0. The summed E-state index contributed by atoms with van der Waals surface area (Å²) in [6, 6.07) is 8.78. The Morgan fingerprint density at radius 2 is 1.83 bits per heavy atom. The van der Waals surface area contributed by atoms with Crippen LogP contribution < -0.4 is 0 Å². The third kappa shape index (κ3) is 2.76. The number of benzene rings is 1. The lowest BCUT2D eigenvalue weighted by atomic mass is 10.1. The minimum absolute atomic E-state index is 0.00710. The van der Waals surface area contributed by atoms with Crippen molar-refractivity contribution in [2.75, 3.05) is 20.7 Å². The van der Waals surface area contributed by atoms with Crippen molar-refractivity contribution in [1.29, 1.82) is 0 Å². The fraction of sp³-hybridized carbons (Fsp3) is 0.429. The van der Waals surface area contributed by atoms with E-state index in [1.807, 2.05) is 36.9 Å². The summed E-state index contributed by atoms with van der Waals surface area (Å²) in [5.74, 6) is -0.454. The van der Waals surface area contributed by atoms with Gasteiger partial charge in [0.05, 0.1) is 13.2 Å². The van der Waals surface area contributed by atoms with Crippen molar-refractivity contribution in [3.8, 4) is 0 Å². The average molecular weight is 411 g/mol. The second-order valence-electron chi connectivity index (χ2n) is 7.68. The van der Waals surface area contributed by atoms with Gasteiger partial charge in [0.15, 0.2) is 12.2 Å². The fourth-order valence-electron chi connectivity index (χ4n) is 4.32. The number of allylic oxidation sites excluding steroid dienone is 2. The molecule has 1 aromatic rings. The van der Waals surface area contributed by atoms with Crippen LogP contribution in [0.5, 0.6) is 0 Å². The van der Waals surface area contributed by atoms with Crippen LogP contribution in [0.25, 0.3) is 0 Å². The second kappa shape index (κ2) is 7.16. The number of aliphatic imine (C=N–C) groups is 1. The van der Waals surface area contributed by atoms with E-state index in [1.165, 1.54) is 12.0 Å². The van der Waals surface area contributed by atoms with Crippen LogP contribution in [0.1, 0.15) is 32.4 Å². The lowest BCUT2D eigenvalue weighted by Crippen LogP contribution is -2.65. The molecule has 1 fully saturated rings. The molecule has 0 aromatic heterocycles. The summed E-state index contributed by atoms with van der Waals surface area (Å²) in [5.41, 5.74) is 3.01. The summed E-state index contributed by atoms with van der Waals surface area (Å²) in [4.78, 5) is 48.9. The fourth-order valence-corrected chi connectivity index (χ4v) is 4.32. The Morgan fingerprint density at radius 3 is 2.47 bits per heavy atom. The quantitative estimate of drug-likeness (QED) is 0.702. The highest BCUT2D eigenvalue weighted by molar-refractivity contribution is 6.06. The number of esters is 1. The van der Waals surface area contributed by atoms with Gasteiger partial charge < -0.3 is 14.5 Å². The predicted molar refractivity (Wildman–Crippen MR) is 109 cm³/mol. The van der Waals surface area contributed by atoms with Crippen molar-refractivity contribution in [2.24, 2.45) is 4.99 Å².